The third-order valence-electron chi connectivity index (χ3n) is 2.66. The van der Waals surface area contributed by atoms with Crippen LogP contribution in [0, 0.1) is 6.92 Å². The molecule has 1 amide bonds. The Labute approximate surface area is 127 Å². The maximum atomic E-state index is 12.0. The van der Waals surface area contributed by atoms with Crippen molar-refractivity contribution in [1.82, 2.24) is 15.3 Å². The Morgan fingerprint density at radius 3 is 2.85 bits per heavy atom. The largest absolute Gasteiger partial charge is 0.480 e. The number of carboxylic acids is 1. The highest BCUT2D eigenvalue weighted by Crippen LogP contribution is 2.27. The van der Waals surface area contributed by atoms with E-state index in [9.17, 15) is 14.7 Å². The SMILES string of the molecule is Cc1cc(C(=O)N[C@@H](Cc2cnc[nH]2)C(=O)O)sc1Br. The number of hydrogen-bond donors (Lipinski definition) is 3. The molecular formula is C12H12BrN3O3S. The smallest absolute Gasteiger partial charge is 0.326 e. The van der Waals surface area contributed by atoms with Gasteiger partial charge in [-0.25, -0.2) is 9.78 Å². The number of aryl methyl sites for hydroxylation is 1. The average molecular weight is 358 g/mol. The third kappa shape index (κ3) is 3.45. The fraction of sp³-hybridized carbons (Fsp3) is 0.250. The van der Waals surface area contributed by atoms with Gasteiger partial charge in [0.2, 0.25) is 0 Å². The molecule has 20 heavy (non-hydrogen) atoms. The second-order valence-electron chi connectivity index (χ2n) is 4.21. The van der Waals surface area contributed by atoms with Crippen LogP contribution in [-0.4, -0.2) is 33.0 Å². The summed E-state index contributed by atoms with van der Waals surface area (Å²) in [4.78, 5) is 30.4. The summed E-state index contributed by atoms with van der Waals surface area (Å²) in [5, 5.41) is 11.7. The second kappa shape index (κ2) is 6.19. The number of amides is 1. The van der Waals surface area contributed by atoms with Gasteiger partial charge in [0.05, 0.1) is 15.0 Å². The number of H-pyrrole nitrogens is 1. The van der Waals surface area contributed by atoms with Gasteiger partial charge < -0.3 is 15.4 Å². The van der Waals surface area contributed by atoms with Crippen molar-refractivity contribution in [2.75, 3.05) is 0 Å². The minimum absolute atomic E-state index is 0.159. The maximum absolute atomic E-state index is 12.0. The van der Waals surface area contributed by atoms with E-state index >= 15 is 0 Å². The fourth-order valence-electron chi connectivity index (χ4n) is 1.62. The molecule has 0 fully saturated rings. The summed E-state index contributed by atoms with van der Waals surface area (Å²) in [6.45, 7) is 1.87. The third-order valence-corrected chi connectivity index (χ3v) is 4.80. The normalized spacial score (nSPS) is 12.1. The Morgan fingerprint density at radius 2 is 2.35 bits per heavy atom. The lowest BCUT2D eigenvalue weighted by Gasteiger charge is -2.12. The number of carbonyl (C=O) groups excluding carboxylic acids is 1. The summed E-state index contributed by atoms with van der Waals surface area (Å²) >= 11 is 4.61. The van der Waals surface area contributed by atoms with Crippen LogP contribution in [-0.2, 0) is 11.2 Å². The molecule has 2 aromatic heterocycles. The fourth-order valence-corrected chi connectivity index (χ4v) is 3.06. The lowest BCUT2D eigenvalue weighted by Crippen LogP contribution is -2.42. The number of imidazole rings is 1. The van der Waals surface area contributed by atoms with E-state index in [1.807, 2.05) is 6.92 Å². The van der Waals surface area contributed by atoms with Crippen LogP contribution in [0.1, 0.15) is 20.9 Å². The molecule has 0 bridgehead atoms. The van der Waals surface area contributed by atoms with E-state index in [1.165, 1.54) is 23.9 Å². The molecule has 0 radical (unpaired) electrons. The van der Waals surface area contributed by atoms with E-state index in [1.54, 1.807) is 6.07 Å². The maximum Gasteiger partial charge on any atom is 0.326 e. The number of aromatic amines is 1. The number of hydrogen-bond acceptors (Lipinski definition) is 4. The van der Waals surface area contributed by atoms with Crippen molar-refractivity contribution in [3.8, 4) is 0 Å². The summed E-state index contributed by atoms with van der Waals surface area (Å²) in [5.74, 6) is -1.48. The highest BCUT2D eigenvalue weighted by atomic mass is 79.9. The molecule has 0 aliphatic carbocycles. The molecule has 2 aromatic rings. The van der Waals surface area contributed by atoms with E-state index < -0.39 is 17.9 Å². The van der Waals surface area contributed by atoms with Crippen LogP contribution in [0.5, 0.6) is 0 Å². The van der Waals surface area contributed by atoms with Crippen LogP contribution >= 0.6 is 27.3 Å². The first-order valence-electron chi connectivity index (χ1n) is 5.74. The highest BCUT2D eigenvalue weighted by molar-refractivity contribution is 9.11. The number of carbonyl (C=O) groups is 2. The lowest BCUT2D eigenvalue weighted by molar-refractivity contribution is -0.139. The van der Waals surface area contributed by atoms with Gasteiger partial charge in [-0.3, -0.25) is 4.79 Å². The van der Waals surface area contributed by atoms with Crippen molar-refractivity contribution >= 4 is 39.1 Å². The predicted octanol–water partition coefficient (Wildman–Crippen LogP) is 1.97. The Bertz CT molecular complexity index is 604. The minimum atomic E-state index is -1.08. The number of rotatable bonds is 5. The van der Waals surface area contributed by atoms with Gasteiger partial charge in [-0.2, -0.15) is 0 Å². The molecule has 0 aliphatic rings. The van der Waals surface area contributed by atoms with E-state index in [2.05, 4.69) is 31.2 Å². The van der Waals surface area contributed by atoms with Gasteiger partial charge in [-0.15, -0.1) is 11.3 Å². The molecule has 0 aliphatic heterocycles. The molecule has 8 heteroatoms. The summed E-state index contributed by atoms with van der Waals surface area (Å²) < 4.78 is 0.864. The molecule has 0 aromatic carbocycles. The minimum Gasteiger partial charge on any atom is -0.480 e. The Morgan fingerprint density at radius 1 is 1.60 bits per heavy atom. The number of halogens is 1. The summed E-state index contributed by atoms with van der Waals surface area (Å²) in [6, 6.07) is 0.725. The zero-order valence-corrected chi connectivity index (χ0v) is 12.9. The van der Waals surface area contributed by atoms with Crippen molar-refractivity contribution in [1.29, 1.82) is 0 Å². The highest BCUT2D eigenvalue weighted by Gasteiger charge is 2.22. The molecule has 0 saturated heterocycles. The monoisotopic (exact) mass is 357 g/mol. The van der Waals surface area contributed by atoms with Gasteiger partial charge in [-0.05, 0) is 34.5 Å². The second-order valence-corrected chi connectivity index (χ2v) is 6.58. The van der Waals surface area contributed by atoms with Crippen LogP contribution in [0.25, 0.3) is 0 Å². The number of nitrogens with one attached hydrogen (secondary N) is 2. The van der Waals surface area contributed by atoms with E-state index in [0.717, 1.165) is 9.35 Å². The molecule has 6 nitrogen and oxygen atoms in total. The quantitative estimate of drug-likeness (QED) is 0.762. The van der Waals surface area contributed by atoms with Gasteiger partial charge in [0.15, 0.2) is 0 Å². The van der Waals surface area contributed by atoms with Crippen molar-refractivity contribution in [2.45, 2.75) is 19.4 Å². The summed E-state index contributed by atoms with van der Waals surface area (Å²) in [7, 11) is 0. The first-order chi connectivity index (χ1) is 9.47. The number of carboxylic acid groups (broad SMARTS) is 1. The van der Waals surface area contributed by atoms with Gasteiger partial charge in [0.25, 0.3) is 5.91 Å². The standard InChI is InChI=1S/C12H12BrN3O3S/c1-6-2-9(20-10(6)13)11(17)16-8(12(18)19)3-7-4-14-5-15-7/h2,4-5,8H,3H2,1H3,(H,14,15)(H,16,17)(H,18,19)/t8-/m0/s1. The Hall–Kier alpha value is -1.67. The number of thiophene rings is 1. The van der Waals surface area contributed by atoms with Crippen LogP contribution in [0.2, 0.25) is 0 Å². The molecular weight excluding hydrogens is 346 g/mol. The zero-order chi connectivity index (χ0) is 14.7. The Balaban J connectivity index is 2.08. The van der Waals surface area contributed by atoms with E-state index in [-0.39, 0.29) is 6.42 Å². The molecule has 2 heterocycles. The number of aliphatic carboxylic acids is 1. The van der Waals surface area contributed by atoms with Crippen LogP contribution in [0.3, 0.4) is 0 Å². The van der Waals surface area contributed by atoms with Crippen LogP contribution in [0.15, 0.2) is 22.4 Å². The summed E-state index contributed by atoms with van der Waals surface area (Å²) in [5.41, 5.74) is 1.60. The molecule has 0 unspecified atom stereocenters. The lowest BCUT2D eigenvalue weighted by atomic mass is 10.1. The van der Waals surface area contributed by atoms with Crippen molar-refractivity contribution in [3.05, 3.63) is 38.5 Å². The van der Waals surface area contributed by atoms with Crippen molar-refractivity contribution in [3.63, 3.8) is 0 Å². The molecule has 106 valence electrons. The summed E-state index contributed by atoms with van der Waals surface area (Å²) in [6.07, 6.45) is 3.16. The van der Waals surface area contributed by atoms with Gasteiger partial charge in [-0.1, -0.05) is 0 Å². The van der Waals surface area contributed by atoms with E-state index in [4.69, 9.17) is 0 Å². The van der Waals surface area contributed by atoms with E-state index in [0.29, 0.717) is 10.6 Å². The molecule has 1 atom stereocenters. The van der Waals surface area contributed by atoms with Crippen LogP contribution in [0.4, 0.5) is 0 Å². The predicted molar refractivity (Wildman–Crippen MR) is 77.9 cm³/mol. The molecule has 0 spiro atoms. The first kappa shape index (κ1) is 14.7. The molecule has 2 rings (SSSR count). The van der Waals surface area contributed by atoms with Crippen LogP contribution < -0.4 is 5.32 Å². The average Bonchev–Trinajstić information content (AvgIpc) is 2.99. The molecule has 3 N–H and O–H groups in total. The van der Waals surface area contributed by atoms with Crippen molar-refractivity contribution in [2.24, 2.45) is 0 Å². The topological polar surface area (TPSA) is 95.1 Å². The zero-order valence-electron chi connectivity index (χ0n) is 10.5. The van der Waals surface area contributed by atoms with Crippen molar-refractivity contribution < 1.29 is 14.7 Å². The first-order valence-corrected chi connectivity index (χ1v) is 7.35. The van der Waals surface area contributed by atoms with Gasteiger partial charge in [0.1, 0.15) is 6.04 Å². The number of aromatic nitrogens is 2. The number of nitrogens with zero attached hydrogens (tertiary/aromatic N) is 1. The van der Waals surface area contributed by atoms with Gasteiger partial charge in [0, 0.05) is 18.3 Å². The molecule has 0 saturated carbocycles. The van der Waals surface area contributed by atoms with Gasteiger partial charge >= 0.3 is 5.97 Å². The Kier molecular flexibility index (Phi) is 4.56.